The standard InChI is InChI=1S/C9H8ClNO2/c1-5-3-4-7(8(10)11-5)6(2)9(12)13/h3-4H,2H2,1H3,(H,12,13). The Morgan fingerprint density at radius 2 is 2.23 bits per heavy atom. The summed E-state index contributed by atoms with van der Waals surface area (Å²) in [6, 6.07) is 3.29. The van der Waals surface area contributed by atoms with Crippen LogP contribution in [0, 0.1) is 6.92 Å². The van der Waals surface area contributed by atoms with Crippen LogP contribution in [-0.2, 0) is 4.79 Å². The molecule has 0 bridgehead atoms. The van der Waals surface area contributed by atoms with Gasteiger partial charge in [0.2, 0.25) is 0 Å². The maximum atomic E-state index is 10.6. The van der Waals surface area contributed by atoms with Crippen LogP contribution in [0.25, 0.3) is 5.57 Å². The van der Waals surface area contributed by atoms with Crippen molar-refractivity contribution in [3.8, 4) is 0 Å². The lowest BCUT2D eigenvalue weighted by Crippen LogP contribution is -2.00. The number of carboxylic acids is 1. The van der Waals surface area contributed by atoms with E-state index in [9.17, 15) is 4.79 Å². The molecule has 0 fully saturated rings. The first-order chi connectivity index (χ1) is 6.02. The normalized spacial score (nSPS) is 9.69. The number of pyridine rings is 1. The van der Waals surface area contributed by atoms with Crippen LogP contribution in [-0.4, -0.2) is 16.1 Å². The van der Waals surface area contributed by atoms with Crippen LogP contribution in [0.1, 0.15) is 11.3 Å². The second-order valence-electron chi connectivity index (χ2n) is 2.57. The smallest absolute Gasteiger partial charge is 0.335 e. The van der Waals surface area contributed by atoms with Crippen molar-refractivity contribution in [1.29, 1.82) is 0 Å². The average Bonchev–Trinajstić information content (AvgIpc) is 2.03. The van der Waals surface area contributed by atoms with Crippen molar-refractivity contribution in [2.45, 2.75) is 6.92 Å². The van der Waals surface area contributed by atoms with Crippen LogP contribution in [0.5, 0.6) is 0 Å². The molecular formula is C9H8ClNO2. The summed E-state index contributed by atoms with van der Waals surface area (Å²) in [5.41, 5.74) is 1.06. The molecule has 1 N–H and O–H groups in total. The van der Waals surface area contributed by atoms with E-state index in [0.717, 1.165) is 5.69 Å². The molecule has 4 heteroatoms. The van der Waals surface area contributed by atoms with Gasteiger partial charge in [-0.2, -0.15) is 0 Å². The highest BCUT2D eigenvalue weighted by Gasteiger charge is 2.11. The summed E-state index contributed by atoms with van der Waals surface area (Å²) in [6.07, 6.45) is 0. The van der Waals surface area contributed by atoms with Crippen molar-refractivity contribution in [2.24, 2.45) is 0 Å². The molecule has 0 spiro atoms. The maximum Gasteiger partial charge on any atom is 0.335 e. The lowest BCUT2D eigenvalue weighted by molar-refractivity contribution is -0.130. The molecular weight excluding hydrogens is 190 g/mol. The number of hydrogen-bond donors (Lipinski definition) is 1. The van der Waals surface area contributed by atoms with E-state index in [-0.39, 0.29) is 10.7 Å². The third-order valence-electron chi connectivity index (χ3n) is 1.57. The minimum absolute atomic E-state index is 0.0440. The molecule has 1 rings (SSSR count). The van der Waals surface area contributed by atoms with E-state index < -0.39 is 5.97 Å². The van der Waals surface area contributed by atoms with E-state index in [1.165, 1.54) is 0 Å². The zero-order chi connectivity index (χ0) is 10.0. The summed E-state index contributed by atoms with van der Waals surface area (Å²) in [4.78, 5) is 14.5. The molecule has 0 aliphatic rings. The Hall–Kier alpha value is -1.35. The van der Waals surface area contributed by atoms with Crippen LogP contribution in [0.15, 0.2) is 18.7 Å². The van der Waals surface area contributed by atoms with E-state index in [2.05, 4.69) is 11.6 Å². The molecule has 0 amide bonds. The topological polar surface area (TPSA) is 50.2 Å². The van der Waals surface area contributed by atoms with E-state index in [0.29, 0.717) is 5.56 Å². The molecule has 0 aliphatic carbocycles. The fourth-order valence-electron chi connectivity index (χ4n) is 0.865. The summed E-state index contributed by atoms with van der Waals surface area (Å²) in [5, 5.41) is 8.82. The Kier molecular flexibility index (Phi) is 2.68. The lowest BCUT2D eigenvalue weighted by atomic mass is 10.1. The largest absolute Gasteiger partial charge is 0.478 e. The molecule has 0 unspecified atom stereocenters. The van der Waals surface area contributed by atoms with Gasteiger partial charge in [-0.25, -0.2) is 9.78 Å². The van der Waals surface area contributed by atoms with Gasteiger partial charge in [-0.3, -0.25) is 0 Å². The first-order valence-corrected chi connectivity index (χ1v) is 3.96. The van der Waals surface area contributed by atoms with Crippen molar-refractivity contribution < 1.29 is 9.90 Å². The molecule has 13 heavy (non-hydrogen) atoms. The Balaban J connectivity index is 3.16. The predicted octanol–water partition coefficient (Wildman–Crippen LogP) is 2.14. The maximum absolute atomic E-state index is 10.6. The minimum Gasteiger partial charge on any atom is -0.478 e. The zero-order valence-electron chi connectivity index (χ0n) is 7.04. The molecule has 0 radical (unpaired) electrons. The summed E-state index contributed by atoms with van der Waals surface area (Å²) in [5.74, 6) is -1.09. The van der Waals surface area contributed by atoms with Crippen molar-refractivity contribution in [3.05, 3.63) is 35.1 Å². The summed E-state index contributed by atoms with van der Waals surface area (Å²) in [6.45, 7) is 5.17. The number of aromatic nitrogens is 1. The van der Waals surface area contributed by atoms with Gasteiger partial charge in [-0.1, -0.05) is 18.2 Å². The fraction of sp³-hybridized carbons (Fsp3) is 0.111. The van der Waals surface area contributed by atoms with Crippen molar-refractivity contribution in [3.63, 3.8) is 0 Å². The monoisotopic (exact) mass is 197 g/mol. The molecule has 68 valence electrons. The van der Waals surface area contributed by atoms with Gasteiger partial charge in [0.15, 0.2) is 0 Å². The first kappa shape index (κ1) is 9.74. The van der Waals surface area contributed by atoms with Crippen LogP contribution in [0.2, 0.25) is 5.15 Å². The summed E-state index contributed by atoms with van der Waals surface area (Å²) >= 11 is 5.73. The lowest BCUT2D eigenvalue weighted by Gasteiger charge is -2.02. The van der Waals surface area contributed by atoms with Gasteiger partial charge in [0.25, 0.3) is 0 Å². The molecule has 0 aromatic carbocycles. The van der Waals surface area contributed by atoms with Crippen LogP contribution >= 0.6 is 11.6 Å². The summed E-state index contributed by atoms with van der Waals surface area (Å²) in [7, 11) is 0. The predicted molar refractivity (Wildman–Crippen MR) is 50.7 cm³/mol. The van der Waals surface area contributed by atoms with Crippen molar-refractivity contribution in [2.75, 3.05) is 0 Å². The molecule has 0 saturated carbocycles. The number of aryl methyl sites for hydroxylation is 1. The van der Waals surface area contributed by atoms with Crippen LogP contribution in [0.3, 0.4) is 0 Å². The van der Waals surface area contributed by atoms with Crippen molar-refractivity contribution >= 4 is 23.1 Å². The average molecular weight is 198 g/mol. The van der Waals surface area contributed by atoms with Gasteiger partial charge >= 0.3 is 5.97 Å². The van der Waals surface area contributed by atoms with Gasteiger partial charge in [0.1, 0.15) is 5.15 Å². The Labute approximate surface area is 80.7 Å². The molecule has 0 atom stereocenters. The molecule has 1 aromatic heterocycles. The molecule has 0 saturated heterocycles. The number of rotatable bonds is 2. The van der Waals surface area contributed by atoms with Gasteiger partial charge in [0, 0.05) is 11.3 Å². The Morgan fingerprint density at radius 3 is 2.69 bits per heavy atom. The Bertz CT molecular complexity index is 374. The van der Waals surface area contributed by atoms with Gasteiger partial charge < -0.3 is 5.11 Å². The van der Waals surface area contributed by atoms with Gasteiger partial charge in [-0.15, -0.1) is 0 Å². The number of nitrogens with zero attached hydrogens (tertiary/aromatic N) is 1. The highest BCUT2D eigenvalue weighted by Crippen LogP contribution is 2.20. The van der Waals surface area contributed by atoms with Crippen LogP contribution < -0.4 is 0 Å². The minimum atomic E-state index is -1.09. The highest BCUT2D eigenvalue weighted by atomic mass is 35.5. The number of carboxylic acid groups (broad SMARTS) is 1. The second kappa shape index (κ2) is 3.58. The van der Waals surface area contributed by atoms with E-state index >= 15 is 0 Å². The third-order valence-corrected chi connectivity index (χ3v) is 1.86. The fourth-order valence-corrected chi connectivity index (χ4v) is 1.18. The van der Waals surface area contributed by atoms with Crippen molar-refractivity contribution in [1.82, 2.24) is 4.98 Å². The first-order valence-electron chi connectivity index (χ1n) is 3.58. The molecule has 1 heterocycles. The number of aliphatic carboxylic acids is 1. The van der Waals surface area contributed by atoms with E-state index in [4.69, 9.17) is 16.7 Å². The SMILES string of the molecule is C=C(C(=O)O)c1ccc(C)nc1Cl. The number of hydrogen-bond acceptors (Lipinski definition) is 2. The quantitative estimate of drug-likeness (QED) is 0.584. The third kappa shape index (κ3) is 2.06. The Morgan fingerprint density at radius 1 is 1.62 bits per heavy atom. The molecule has 0 aliphatic heterocycles. The summed E-state index contributed by atoms with van der Waals surface area (Å²) < 4.78 is 0. The molecule has 1 aromatic rings. The van der Waals surface area contributed by atoms with Crippen LogP contribution in [0.4, 0.5) is 0 Å². The zero-order valence-corrected chi connectivity index (χ0v) is 7.80. The highest BCUT2D eigenvalue weighted by molar-refractivity contribution is 6.33. The number of carbonyl (C=O) groups is 1. The van der Waals surface area contributed by atoms with Gasteiger partial charge in [0.05, 0.1) is 5.57 Å². The van der Waals surface area contributed by atoms with E-state index in [1.54, 1.807) is 19.1 Å². The second-order valence-corrected chi connectivity index (χ2v) is 2.93. The van der Waals surface area contributed by atoms with E-state index in [1.807, 2.05) is 0 Å². The molecule has 3 nitrogen and oxygen atoms in total. The number of halogens is 1. The van der Waals surface area contributed by atoms with Gasteiger partial charge in [-0.05, 0) is 19.1 Å².